The number of imidazole rings is 1. The molecular weight excluding hydrogens is 385 g/mol. The Morgan fingerprint density at radius 1 is 0.966 bits per heavy atom. The molecule has 0 unspecified atom stereocenters. The first kappa shape index (κ1) is 17.8. The normalized spacial score (nSPS) is 11.3. The highest BCUT2D eigenvalue weighted by atomic mass is 32.1. The van der Waals surface area contributed by atoms with Crippen LogP contribution < -0.4 is 5.32 Å². The summed E-state index contributed by atoms with van der Waals surface area (Å²) in [6.45, 7) is 0.804. The van der Waals surface area contributed by atoms with Crippen LogP contribution in [0.2, 0.25) is 0 Å². The van der Waals surface area contributed by atoms with Crippen LogP contribution >= 0.6 is 11.3 Å². The summed E-state index contributed by atoms with van der Waals surface area (Å²) in [5.41, 5.74) is 4.91. The largest absolute Gasteiger partial charge is 0.368 e. The number of benzene rings is 2. The van der Waals surface area contributed by atoms with Gasteiger partial charge in [0.05, 0.1) is 21.3 Å². The van der Waals surface area contributed by atoms with Gasteiger partial charge in [-0.2, -0.15) is 0 Å². The molecule has 0 aliphatic carbocycles. The average Bonchev–Trinajstić information content (AvgIpc) is 3.36. The summed E-state index contributed by atoms with van der Waals surface area (Å²) in [5.74, 6) is 1.47. The molecule has 0 bridgehead atoms. The number of aromatic amines is 1. The van der Waals surface area contributed by atoms with Gasteiger partial charge in [-0.25, -0.2) is 19.3 Å². The van der Waals surface area contributed by atoms with Crippen molar-refractivity contribution in [2.45, 2.75) is 12.8 Å². The lowest BCUT2D eigenvalue weighted by Crippen LogP contribution is -2.06. The van der Waals surface area contributed by atoms with Crippen LogP contribution in [0.1, 0.15) is 17.0 Å². The first-order valence-corrected chi connectivity index (χ1v) is 10.3. The van der Waals surface area contributed by atoms with Crippen molar-refractivity contribution in [2.75, 3.05) is 11.9 Å². The number of thiophene rings is 1. The minimum atomic E-state index is -0.257. The van der Waals surface area contributed by atoms with Gasteiger partial charge in [-0.05, 0) is 47.2 Å². The molecule has 0 saturated heterocycles. The van der Waals surface area contributed by atoms with Gasteiger partial charge in [0.1, 0.15) is 23.8 Å². The third-order valence-electron chi connectivity index (χ3n) is 4.84. The van der Waals surface area contributed by atoms with Crippen LogP contribution in [0.25, 0.3) is 21.3 Å². The van der Waals surface area contributed by atoms with E-state index in [1.165, 1.54) is 17.7 Å². The molecule has 5 nitrogen and oxygen atoms in total. The van der Waals surface area contributed by atoms with E-state index >= 15 is 0 Å². The highest BCUT2D eigenvalue weighted by Crippen LogP contribution is 2.24. The van der Waals surface area contributed by atoms with E-state index in [1.807, 2.05) is 11.4 Å². The molecule has 3 aromatic heterocycles. The smallest absolute Gasteiger partial charge is 0.147 e. The van der Waals surface area contributed by atoms with Crippen molar-refractivity contribution in [3.05, 3.63) is 83.0 Å². The zero-order valence-electron chi connectivity index (χ0n) is 15.5. The molecule has 3 heterocycles. The number of H-pyrrole nitrogens is 1. The fourth-order valence-electron chi connectivity index (χ4n) is 3.38. The Morgan fingerprint density at radius 3 is 2.72 bits per heavy atom. The van der Waals surface area contributed by atoms with E-state index in [-0.39, 0.29) is 5.82 Å². The van der Waals surface area contributed by atoms with Crippen molar-refractivity contribution >= 4 is 38.4 Å². The Hall–Kier alpha value is -3.32. The molecule has 29 heavy (non-hydrogen) atoms. The molecule has 0 spiro atoms. The fourth-order valence-corrected chi connectivity index (χ4v) is 4.19. The molecule has 0 saturated carbocycles. The van der Waals surface area contributed by atoms with Gasteiger partial charge in [0.15, 0.2) is 0 Å². The predicted octanol–water partition coefficient (Wildman–Crippen LogP) is 4.95. The topological polar surface area (TPSA) is 66.5 Å². The second-order valence-corrected chi connectivity index (χ2v) is 7.79. The number of nitrogens with zero attached hydrogens (tertiary/aromatic N) is 3. The summed E-state index contributed by atoms with van der Waals surface area (Å²) >= 11 is 1.65. The van der Waals surface area contributed by atoms with Crippen molar-refractivity contribution in [1.29, 1.82) is 0 Å². The maximum atomic E-state index is 13.3. The Kier molecular flexibility index (Phi) is 4.65. The molecule has 144 valence electrons. The van der Waals surface area contributed by atoms with Crippen molar-refractivity contribution in [2.24, 2.45) is 0 Å². The number of anilines is 1. The van der Waals surface area contributed by atoms with Crippen LogP contribution in [0.5, 0.6) is 0 Å². The molecule has 0 atom stereocenters. The van der Waals surface area contributed by atoms with E-state index in [0.29, 0.717) is 6.42 Å². The van der Waals surface area contributed by atoms with Gasteiger partial charge in [0, 0.05) is 13.0 Å². The minimum absolute atomic E-state index is 0.257. The van der Waals surface area contributed by atoms with E-state index in [0.717, 1.165) is 51.4 Å². The van der Waals surface area contributed by atoms with E-state index in [2.05, 4.69) is 49.5 Å². The van der Waals surface area contributed by atoms with Crippen molar-refractivity contribution in [3.63, 3.8) is 0 Å². The van der Waals surface area contributed by atoms with Gasteiger partial charge in [0.2, 0.25) is 0 Å². The molecule has 0 aliphatic heterocycles. The minimum Gasteiger partial charge on any atom is -0.368 e. The second-order valence-electron chi connectivity index (χ2n) is 6.87. The van der Waals surface area contributed by atoms with E-state index in [9.17, 15) is 4.39 Å². The van der Waals surface area contributed by atoms with Crippen LogP contribution in [-0.2, 0) is 12.8 Å². The van der Waals surface area contributed by atoms with Gasteiger partial charge < -0.3 is 10.3 Å². The number of nitrogens with one attached hydrogen (secondary N) is 2. The maximum absolute atomic E-state index is 13.3. The third-order valence-corrected chi connectivity index (χ3v) is 5.75. The molecule has 5 aromatic rings. The second kappa shape index (κ2) is 7.60. The molecular formula is C22H18FN5S. The Labute approximate surface area is 170 Å². The Balaban J connectivity index is 1.21. The van der Waals surface area contributed by atoms with Crippen molar-refractivity contribution in [1.82, 2.24) is 19.9 Å². The Bertz CT molecular complexity index is 1280. The van der Waals surface area contributed by atoms with Crippen LogP contribution in [-0.4, -0.2) is 26.5 Å². The number of halogens is 1. The molecule has 5 rings (SSSR count). The molecule has 2 N–H and O–H groups in total. The van der Waals surface area contributed by atoms with E-state index in [1.54, 1.807) is 23.7 Å². The molecule has 7 heteroatoms. The van der Waals surface area contributed by atoms with Gasteiger partial charge >= 0.3 is 0 Å². The summed E-state index contributed by atoms with van der Waals surface area (Å²) in [7, 11) is 0. The highest BCUT2D eigenvalue weighted by Gasteiger charge is 2.06. The lowest BCUT2D eigenvalue weighted by atomic mass is 10.1. The van der Waals surface area contributed by atoms with Crippen LogP contribution in [0.4, 0.5) is 10.2 Å². The van der Waals surface area contributed by atoms with Crippen LogP contribution in [0.15, 0.2) is 60.2 Å². The van der Waals surface area contributed by atoms with Crippen molar-refractivity contribution in [3.8, 4) is 0 Å². The average molecular weight is 403 g/mol. The number of fused-ring (bicyclic) bond motifs is 2. The third kappa shape index (κ3) is 3.82. The first-order chi connectivity index (χ1) is 14.2. The maximum Gasteiger partial charge on any atom is 0.147 e. The summed E-state index contributed by atoms with van der Waals surface area (Å²) in [6, 6.07) is 15.1. The van der Waals surface area contributed by atoms with Gasteiger partial charge in [-0.3, -0.25) is 0 Å². The molecule has 0 amide bonds. The summed E-state index contributed by atoms with van der Waals surface area (Å²) in [4.78, 5) is 16.3. The van der Waals surface area contributed by atoms with Crippen LogP contribution in [0, 0.1) is 5.82 Å². The highest BCUT2D eigenvalue weighted by molar-refractivity contribution is 7.17. The number of hydrogen-bond acceptors (Lipinski definition) is 5. The van der Waals surface area contributed by atoms with Gasteiger partial charge in [-0.15, -0.1) is 11.3 Å². The number of rotatable bonds is 6. The molecule has 0 radical (unpaired) electrons. The monoisotopic (exact) mass is 403 g/mol. The van der Waals surface area contributed by atoms with Gasteiger partial charge in [0.25, 0.3) is 0 Å². The summed E-state index contributed by atoms with van der Waals surface area (Å²) in [6.07, 6.45) is 3.19. The number of aromatic nitrogens is 4. The number of hydrogen-bond donors (Lipinski definition) is 2. The van der Waals surface area contributed by atoms with Crippen molar-refractivity contribution < 1.29 is 4.39 Å². The molecule has 2 aromatic carbocycles. The molecule has 0 fully saturated rings. The zero-order valence-corrected chi connectivity index (χ0v) is 16.3. The quantitative estimate of drug-likeness (QED) is 0.421. The fraction of sp³-hybridized carbons (Fsp3) is 0.136. The SMILES string of the molecule is Fc1ccc2nc(Cc3ccc(CCNc4ncnc5ccsc45)cc3)[nH]c2c1. The lowest BCUT2D eigenvalue weighted by Gasteiger charge is -2.07. The lowest BCUT2D eigenvalue weighted by molar-refractivity contribution is 0.629. The van der Waals surface area contributed by atoms with E-state index in [4.69, 9.17) is 0 Å². The standard InChI is InChI=1S/C22H18FN5S/c23-16-5-6-17-19(12-16)28-20(27-17)11-15-3-1-14(2-4-15)7-9-24-22-21-18(8-10-29-21)25-13-26-22/h1-6,8,10,12-13H,7,9,11H2,(H,27,28)(H,24,25,26). The predicted molar refractivity (Wildman–Crippen MR) is 115 cm³/mol. The van der Waals surface area contributed by atoms with Gasteiger partial charge in [-0.1, -0.05) is 24.3 Å². The Morgan fingerprint density at radius 2 is 1.83 bits per heavy atom. The first-order valence-electron chi connectivity index (χ1n) is 9.39. The summed E-state index contributed by atoms with van der Waals surface area (Å²) < 4.78 is 14.4. The summed E-state index contributed by atoms with van der Waals surface area (Å²) in [5, 5.41) is 5.44. The van der Waals surface area contributed by atoms with Crippen LogP contribution in [0.3, 0.4) is 0 Å². The molecule has 0 aliphatic rings. The van der Waals surface area contributed by atoms with E-state index < -0.39 is 0 Å². The zero-order chi connectivity index (χ0) is 19.6.